The molecule has 408 valence electrons. The summed E-state index contributed by atoms with van der Waals surface area (Å²) in [6.07, 6.45) is 42.3. The van der Waals surface area contributed by atoms with Crippen LogP contribution in [0.4, 0.5) is 0 Å². The van der Waals surface area contributed by atoms with E-state index in [1.54, 1.807) is 16.8 Å². The second-order valence-corrected chi connectivity index (χ2v) is 30.5. The van der Waals surface area contributed by atoms with Crippen molar-refractivity contribution in [1.29, 1.82) is 0 Å². The lowest BCUT2D eigenvalue weighted by Gasteiger charge is -2.73. The Hall–Kier alpha value is -3.62. The molecular weight excluding hydrogens is 951 g/mol. The molecule has 8 heteroatoms. The molecule has 9 heterocycles. The summed E-state index contributed by atoms with van der Waals surface area (Å²) in [5, 5.41) is 14.3. The molecule has 6 spiro atoms. The quantitative estimate of drug-likeness (QED) is 0.222. The number of esters is 2. The van der Waals surface area contributed by atoms with Gasteiger partial charge in [0.2, 0.25) is 0 Å². The molecule has 0 amide bonds. The summed E-state index contributed by atoms with van der Waals surface area (Å²) in [7, 11) is 0. The van der Waals surface area contributed by atoms with Gasteiger partial charge in [-0.05, 0) is 210 Å². The number of nitrogens with zero attached hydrogens (tertiary/aromatic N) is 2. The second kappa shape index (κ2) is 15.7. The molecular formula is C69H87N3O5. The maximum atomic E-state index is 16.8. The van der Waals surface area contributed by atoms with Crippen molar-refractivity contribution < 1.29 is 24.2 Å². The number of aliphatic hydroxyl groups excluding tert-OH is 1. The van der Waals surface area contributed by atoms with Gasteiger partial charge in [-0.25, -0.2) is 4.79 Å². The van der Waals surface area contributed by atoms with E-state index in [0.717, 1.165) is 56.4 Å². The fraction of sp³-hybridized carbons (Fsp3) is 0.739. The van der Waals surface area contributed by atoms with Crippen LogP contribution in [0.15, 0.2) is 76.4 Å². The Morgan fingerprint density at radius 1 is 0.831 bits per heavy atom. The van der Waals surface area contributed by atoms with Crippen LogP contribution < -0.4 is 5.73 Å². The lowest BCUT2D eigenvalue weighted by Crippen LogP contribution is -2.78. The fourth-order valence-corrected chi connectivity index (χ4v) is 26.7. The van der Waals surface area contributed by atoms with Gasteiger partial charge in [0.1, 0.15) is 11.2 Å². The van der Waals surface area contributed by atoms with Crippen molar-refractivity contribution in [2.75, 3.05) is 26.2 Å². The number of carbonyl (C=O) groups excluding carboxylic acids is 2. The molecule has 0 aromatic heterocycles. The molecule has 21 rings (SSSR count). The van der Waals surface area contributed by atoms with Crippen LogP contribution >= 0.6 is 0 Å². The van der Waals surface area contributed by atoms with Crippen LogP contribution in [0.25, 0.3) is 0 Å². The zero-order valence-electron chi connectivity index (χ0n) is 46.4. The summed E-state index contributed by atoms with van der Waals surface area (Å²) in [6, 6.07) is 7.12. The summed E-state index contributed by atoms with van der Waals surface area (Å²) in [4.78, 5) is 38.3. The van der Waals surface area contributed by atoms with Crippen LogP contribution in [0.2, 0.25) is 0 Å². The lowest BCUT2D eigenvalue weighted by molar-refractivity contribution is -0.282. The third kappa shape index (κ3) is 5.29. The van der Waals surface area contributed by atoms with Gasteiger partial charge in [0.05, 0.1) is 11.0 Å². The highest BCUT2D eigenvalue weighted by Crippen LogP contribution is 2.89. The van der Waals surface area contributed by atoms with E-state index < -0.39 is 16.4 Å². The Bertz CT molecular complexity index is 2970. The highest BCUT2D eigenvalue weighted by Gasteiger charge is 2.94. The Balaban J connectivity index is 0.911. The standard InChI is InChI=1S/C69H87N3O5/c1-40-30-46-18-19-52-47-31-41-35-71(37-47)55(63-27-20-48-14-7-24-65(48)25-9-26-66(65,39-63)64(38-63)22-4-5-23-64)34-53(73)60-67-28-21-49-57(59(46)72(52)36-41)50(40)32-45-17-16-44(42-10-2-3-11-42)33-54(68(67,58(45)49)62(75)76-60)69(67)51-15-6-12-43(13-8-29-70)56(51)61(74)77-69/h6,12,15-17,20,27,40-42,44-45,47-48,50,52,54-55,57,73H,2-5,7-11,13-14,18-19,21-26,28-39,70H2,1H3. The van der Waals surface area contributed by atoms with Gasteiger partial charge in [-0.3, -0.25) is 9.69 Å². The van der Waals surface area contributed by atoms with Crippen molar-refractivity contribution in [3.05, 3.63) is 93.1 Å². The van der Waals surface area contributed by atoms with Gasteiger partial charge in [-0.15, -0.1) is 0 Å². The number of fused-ring (bicyclic) bond motifs is 4. The number of piperidine rings is 2. The first kappa shape index (κ1) is 47.1. The zero-order valence-corrected chi connectivity index (χ0v) is 46.4. The van der Waals surface area contributed by atoms with E-state index >= 15 is 9.59 Å². The van der Waals surface area contributed by atoms with Gasteiger partial charge < -0.3 is 25.2 Å². The molecule has 18 unspecified atom stereocenters. The molecule has 77 heavy (non-hydrogen) atoms. The molecule has 9 aliphatic heterocycles. The second-order valence-electron chi connectivity index (χ2n) is 30.5. The molecule has 3 saturated heterocycles. The Labute approximate surface area is 458 Å². The largest absolute Gasteiger partial charge is 0.509 e. The van der Waals surface area contributed by atoms with Crippen LogP contribution in [0.5, 0.6) is 0 Å². The molecule has 14 bridgehead atoms. The Morgan fingerprint density at radius 3 is 2.57 bits per heavy atom. The summed E-state index contributed by atoms with van der Waals surface area (Å²) in [6.45, 7) is 6.43. The van der Waals surface area contributed by atoms with Gasteiger partial charge >= 0.3 is 11.9 Å². The predicted molar refractivity (Wildman–Crippen MR) is 295 cm³/mol. The van der Waals surface area contributed by atoms with Crippen molar-refractivity contribution in [3.8, 4) is 0 Å². The predicted octanol–water partition coefficient (Wildman–Crippen LogP) is 13.3. The number of aliphatic hydroxyl groups is 1. The lowest BCUT2D eigenvalue weighted by atomic mass is 9.27. The minimum atomic E-state index is -1.15. The van der Waals surface area contributed by atoms with Crippen molar-refractivity contribution in [3.63, 3.8) is 0 Å². The number of hydrogen-bond donors (Lipinski definition) is 2. The van der Waals surface area contributed by atoms with E-state index in [2.05, 4.69) is 59.2 Å². The minimum absolute atomic E-state index is 0.0805. The zero-order chi connectivity index (χ0) is 51.2. The number of allylic oxidation sites excluding steroid dienone is 5. The normalized spacial score (nSPS) is 49.6. The van der Waals surface area contributed by atoms with Crippen LogP contribution in [-0.2, 0) is 26.3 Å². The van der Waals surface area contributed by atoms with Gasteiger partial charge in [-0.2, -0.15) is 0 Å². The van der Waals surface area contributed by atoms with Crippen molar-refractivity contribution in [2.45, 2.75) is 198 Å². The van der Waals surface area contributed by atoms with Gasteiger partial charge in [-0.1, -0.05) is 99.1 Å². The first-order chi connectivity index (χ1) is 37.6. The van der Waals surface area contributed by atoms with Crippen molar-refractivity contribution >= 4 is 11.9 Å². The summed E-state index contributed by atoms with van der Waals surface area (Å²) in [5.41, 5.74) is 12.9. The van der Waals surface area contributed by atoms with Gasteiger partial charge in [0.25, 0.3) is 0 Å². The van der Waals surface area contributed by atoms with E-state index in [1.807, 2.05) is 0 Å². The molecule has 1 aromatic carbocycles. The number of aryl methyl sites for hydroxylation is 1. The fourth-order valence-electron chi connectivity index (χ4n) is 26.7. The Kier molecular flexibility index (Phi) is 9.58. The van der Waals surface area contributed by atoms with Crippen LogP contribution in [0.1, 0.15) is 195 Å². The first-order valence-corrected chi connectivity index (χ1v) is 32.6. The molecule has 20 aliphatic rings. The maximum absolute atomic E-state index is 16.8. The monoisotopic (exact) mass is 1040 g/mol. The van der Waals surface area contributed by atoms with E-state index in [9.17, 15) is 5.11 Å². The molecule has 3 N–H and O–H groups in total. The van der Waals surface area contributed by atoms with Crippen LogP contribution in [-0.4, -0.2) is 65.1 Å². The number of ether oxygens (including phenoxy) is 2. The van der Waals surface area contributed by atoms with Gasteiger partial charge in [0, 0.05) is 66.7 Å². The Morgan fingerprint density at radius 2 is 1.70 bits per heavy atom. The minimum Gasteiger partial charge on any atom is -0.509 e. The molecule has 8 nitrogen and oxygen atoms in total. The number of nitrogens with two attached hydrogens (primary N) is 1. The number of benzene rings is 1. The highest BCUT2D eigenvalue weighted by molar-refractivity contribution is 6.00. The molecule has 0 radical (unpaired) electrons. The smallest absolute Gasteiger partial charge is 0.339 e. The molecule has 1 aromatic rings. The van der Waals surface area contributed by atoms with Crippen molar-refractivity contribution in [1.82, 2.24) is 9.80 Å². The van der Waals surface area contributed by atoms with Crippen molar-refractivity contribution in [2.24, 2.45) is 97.4 Å². The third-order valence-corrected chi connectivity index (χ3v) is 28.5. The summed E-state index contributed by atoms with van der Waals surface area (Å²) < 4.78 is 14.9. The summed E-state index contributed by atoms with van der Waals surface area (Å²) in [5.74, 6) is 4.21. The van der Waals surface area contributed by atoms with E-state index in [1.165, 1.54) is 134 Å². The topological polar surface area (TPSA) is 105 Å². The SMILES string of the molecule is CC1CC2=C3C4C5=C6C(C=CC(C7CCCC7)CC7C68C(=O)OC(=C(O)CC(C69C=CC%10CCCC%10%11CCCC%11(C6)C6(CCCC6)C9)N6CC9CC(C6)C(CC2)N3C9)C8(CC5)C72OC(=O)c3c(CCCN)cccc32)CC14. The molecule has 11 aliphatic carbocycles. The van der Waals surface area contributed by atoms with Gasteiger partial charge in [0.15, 0.2) is 11.4 Å². The maximum Gasteiger partial charge on any atom is 0.339 e. The van der Waals surface area contributed by atoms with E-state index in [-0.39, 0.29) is 41.1 Å². The van der Waals surface area contributed by atoms with E-state index in [4.69, 9.17) is 15.2 Å². The molecule has 18 atom stereocenters. The van der Waals surface area contributed by atoms with Crippen LogP contribution in [0.3, 0.4) is 0 Å². The number of carbonyl (C=O) groups is 2. The number of hydrogen-bond acceptors (Lipinski definition) is 8. The molecule has 9 fully saturated rings. The highest BCUT2D eigenvalue weighted by atomic mass is 16.6. The average molecular weight is 1040 g/mol. The average Bonchev–Trinajstić information content (AvgIpc) is 2.58. The number of rotatable bonds is 5. The third-order valence-electron chi connectivity index (χ3n) is 28.5. The van der Waals surface area contributed by atoms with E-state index in [0.29, 0.717) is 107 Å². The molecule has 6 saturated carbocycles. The van der Waals surface area contributed by atoms with Crippen LogP contribution in [0, 0.1) is 91.7 Å². The first-order valence-electron chi connectivity index (χ1n) is 32.6. The summed E-state index contributed by atoms with van der Waals surface area (Å²) >= 11 is 0.